The van der Waals surface area contributed by atoms with Crippen LogP contribution < -0.4 is 5.32 Å². The van der Waals surface area contributed by atoms with Gasteiger partial charge in [0.05, 0.1) is 11.4 Å². The topological polar surface area (TPSA) is 55.1 Å². The molecule has 1 saturated carbocycles. The van der Waals surface area contributed by atoms with Crippen molar-refractivity contribution < 1.29 is 9.21 Å². The maximum atomic E-state index is 12.2. The Morgan fingerprint density at radius 3 is 2.80 bits per heavy atom. The lowest BCUT2D eigenvalue weighted by molar-refractivity contribution is -0.119. The first-order chi connectivity index (χ1) is 12.1. The number of oxazole rings is 1. The van der Waals surface area contributed by atoms with Crippen LogP contribution in [0.4, 0.5) is 0 Å². The number of hydrogen-bond acceptors (Lipinski definition) is 4. The molecule has 1 aromatic carbocycles. The summed E-state index contributed by atoms with van der Waals surface area (Å²) in [6.07, 6.45) is 4.85. The van der Waals surface area contributed by atoms with Crippen LogP contribution in [0.3, 0.4) is 0 Å². The van der Waals surface area contributed by atoms with E-state index in [-0.39, 0.29) is 5.91 Å². The molecule has 134 valence electrons. The fourth-order valence-electron chi connectivity index (χ4n) is 3.29. The van der Waals surface area contributed by atoms with E-state index in [1.54, 1.807) is 11.8 Å². The minimum absolute atomic E-state index is 0.133. The molecule has 0 saturated heterocycles. The molecule has 2 atom stereocenters. The summed E-state index contributed by atoms with van der Waals surface area (Å²) in [7, 11) is 0. The molecular weight excluding hydrogens is 332 g/mol. The molecule has 1 heterocycles. The summed E-state index contributed by atoms with van der Waals surface area (Å²) in [6, 6.07) is 10.2. The van der Waals surface area contributed by atoms with Crippen molar-refractivity contribution >= 4 is 17.7 Å². The first-order valence-corrected chi connectivity index (χ1v) is 10.2. The van der Waals surface area contributed by atoms with Crippen molar-refractivity contribution in [1.82, 2.24) is 10.3 Å². The van der Waals surface area contributed by atoms with Gasteiger partial charge in [0.25, 0.3) is 0 Å². The third-order valence-corrected chi connectivity index (χ3v) is 5.79. The average molecular weight is 359 g/mol. The normalized spacial score (nSPS) is 20.4. The number of rotatable bonds is 6. The molecule has 3 rings (SSSR count). The summed E-state index contributed by atoms with van der Waals surface area (Å²) >= 11 is 1.59. The molecule has 1 aromatic heterocycles. The molecule has 0 radical (unpaired) electrons. The van der Waals surface area contributed by atoms with Gasteiger partial charge in [-0.3, -0.25) is 4.79 Å². The third kappa shape index (κ3) is 4.88. The molecule has 0 spiro atoms. The Kier molecular flexibility index (Phi) is 6.19. The van der Waals surface area contributed by atoms with Gasteiger partial charge in [0.1, 0.15) is 5.76 Å². The van der Waals surface area contributed by atoms with Crippen LogP contribution in [0.15, 0.2) is 34.7 Å². The number of aryl methyl sites for hydroxylation is 1. The Hall–Kier alpha value is -1.75. The third-order valence-electron chi connectivity index (χ3n) is 4.84. The van der Waals surface area contributed by atoms with Crippen LogP contribution in [-0.4, -0.2) is 22.7 Å². The van der Waals surface area contributed by atoms with E-state index < -0.39 is 0 Å². The highest BCUT2D eigenvalue weighted by Gasteiger charge is 2.22. The van der Waals surface area contributed by atoms with Crippen LogP contribution in [-0.2, 0) is 10.5 Å². The van der Waals surface area contributed by atoms with Crippen LogP contribution in [0.25, 0.3) is 11.5 Å². The quantitative estimate of drug-likeness (QED) is 0.821. The number of nitrogens with one attached hydrogen (secondary N) is 1. The molecular formula is C20H26N2O2S. The van der Waals surface area contributed by atoms with Crippen LogP contribution >= 0.6 is 11.8 Å². The summed E-state index contributed by atoms with van der Waals surface area (Å²) < 4.78 is 5.77. The number of carbonyl (C=O) groups excluding carboxylic acids is 1. The van der Waals surface area contributed by atoms with Crippen molar-refractivity contribution in [2.45, 2.75) is 51.3 Å². The van der Waals surface area contributed by atoms with E-state index in [9.17, 15) is 4.79 Å². The second-order valence-corrected chi connectivity index (χ2v) is 7.80. The number of amides is 1. The summed E-state index contributed by atoms with van der Waals surface area (Å²) in [5.74, 6) is 3.36. The molecule has 1 amide bonds. The van der Waals surface area contributed by atoms with Crippen molar-refractivity contribution in [3.8, 4) is 11.5 Å². The molecule has 0 bridgehead atoms. The SMILES string of the molecule is Cc1oc(-c2ccccc2)nc1CSCC(=O)NC1CCCCC1C. The van der Waals surface area contributed by atoms with Crippen molar-refractivity contribution in [3.63, 3.8) is 0 Å². The highest BCUT2D eigenvalue weighted by atomic mass is 32.2. The zero-order valence-electron chi connectivity index (χ0n) is 15.0. The zero-order valence-corrected chi connectivity index (χ0v) is 15.8. The number of nitrogens with zero attached hydrogens (tertiary/aromatic N) is 1. The Morgan fingerprint density at radius 2 is 2.04 bits per heavy atom. The van der Waals surface area contributed by atoms with Gasteiger partial charge in [-0.1, -0.05) is 38.0 Å². The maximum Gasteiger partial charge on any atom is 0.230 e. The Labute approximate surface area is 153 Å². The average Bonchev–Trinajstić information content (AvgIpc) is 2.99. The molecule has 1 N–H and O–H groups in total. The van der Waals surface area contributed by atoms with E-state index in [1.807, 2.05) is 37.3 Å². The Balaban J connectivity index is 1.49. The van der Waals surface area contributed by atoms with Gasteiger partial charge in [0.2, 0.25) is 11.8 Å². The maximum absolute atomic E-state index is 12.2. The van der Waals surface area contributed by atoms with E-state index in [1.165, 1.54) is 19.3 Å². The fraction of sp³-hybridized carbons (Fsp3) is 0.500. The second-order valence-electron chi connectivity index (χ2n) is 6.82. The minimum Gasteiger partial charge on any atom is -0.441 e. The molecule has 5 heteroatoms. The lowest BCUT2D eigenvalue weighted by Gasteiger charge is -2.29. The van der Waals surface area contributed by atoms with Gasteiger partial charge in [-0.05, 0) is 37.8 Å². The number of aromatic nitrogens is 1. The van der Waals surface area contributed by atoms with E-state index in [0.717, 1.165) is 23.4 Å². The molecule has 2 unspecified atom stereocenters. The van der Waals surface area contributed by atoms with Gasteiger partial charge in [-0.2, -0.15) is 0 Å². The monoisotopic (exact) mass is 358 g/mol. The number of thioether (sulfide) groups is 1. The number of hydrogen-bond donors (Lipinski definition) is 1. The van der Waals surface area contributed by atoms with E-state index in [4.69, 9.17) is 4.42 Å². The summed E-state index contributed by atoms with van der Waals surface area (Å²) in [5.41, 5.74) is 1.90. The summed E-state index contributed by atoms with van der Waals surface area (Å²) in [4.78, 5) is 16.8. The largest absolute Gasteiger partial charge is 0.441 e. The highest BCUT2D eigenvalue weighted by molar-refractivity contribution is 7.99. The van der Waals surface area contributed by atoms with Crippen LogP contribution in [0, 0.1) is 12.8 Å². The van der Waals surface area contributed by atoms with Crippen molar-refractivity contribution in [1.29, 1.82) is 0 Å². The first kappa shape index (κ1) is 18.1. The zero-order chi connectivity index (χ0) is 17.6. The minimum atomic E-state index is 0.133. The van der Waals surface area contributed by atoms with E-state index in [2.05, 4.69) is 17.2 Å². The Bertz CT molecular complexity index is 699. The lowest BCUT2D eigenvalue weighted by Crippen LogP contribution is -2.41. The van der Waals surface area contributed by atoms with E-state index in [0.29, 0.717) is 29.4 Å². The molecule has 0 aliphatic heterocycles. The summed E-state index contributed by atoms with van der Waals surface area (Å²) in [6.45, 7) is 4.17. The summed E-state index contributed by atoms with van der Waals surface area (Å²) in [5, 5.41) is 3.20. The van der Waals surface area contributed by atoms with Gasteiger partial charge >= 0.3 is 0 Å². The van der Waals surface area contributed by atoms with E-state index >= 15 is 0 Å². The predicted octanol–water partition coefficient (Wildman–Crippen LogP) is 4.58. The smallest absolute Gasteiger partial charge is 0.230 e. The molecule has 1 aliphatic carbocycles. The van der Waals surface area contributed by atoms with Gasteiger partial charge < -0.3 is 9.73 Å². The van der Waals surface area contributed by atoms with Crippen molar-refractivity contribution in [3.05, 3.63) is 41.8 Å². The molecule has 1 aliphatic rings. The molecule has 25 heavy (non-hydrogen) atoms. The van der Waals surface area contributed by atoms with Crippen molar-refractivity contribution in [2.24, 2.45) is 5.92 Å². The molecule has 4 nitrogen and oxygen atoms in total. The molecule has 1 fully saturated rings. The fourth-order valence-corrected chi connectivity index (χ4v) is 4.12. The number of benzene rings is 1. The molecule has 2 aromatic rings. The van der Waals surface area contributed by atoms with Crippen molar-refractivity contribution in [2.75, 3.05) is 5.75 Å². The standard InChI is InChI=1S/C20H26N2O2S/c1-14-8-6-7-11-17(14)21-19(23)13-25-12-18-15(2)24-20(22-18)16-9-4-3-5-10-16/h3-5,9-10,14,17H,6-8,11-13H2,1-2H3,(H,21,23). The second kappa shape index (κ2) is 8.56. The van der Waals surface area contributed by atoms with Gasteiger partial charge in [0, 0.05) is 17.4 Å². The Morgan fingerprint density at radius 1 is 1.28 bits per heavy atom. The van der Waals surface area contributed by atoms with Gasteiger partial charge in [-0.15, -0.1) is 11.8 Å². The van der Waals surface area contributed by atoms with Crippen LogP contribution in [0.2, 0.25) is 0 Å². The van der Waals surface area contributed by atoms with Crippen LogP contribution in [0.5, 0.6) is 0 Å². The lowest BCUT2D eigenvalue weighted by atomic mass is 9.86. The highest BCUT2D eigenvalue weighted by Crippen LogP contribution is 2.25. The van der Waals surface area contributed by atoms with Gasteiger partial charge in [-0.25, -0.2) is 4.98 Å². The number of carbonyl (C=O) groups is 1. The first-order valence-electron chi connectivity index (χ1n) is 9.02. The van der Waals surface area contributed by atoms with Crippen LogP contribution in [0.1, 0.15) is 44.1 Å². The van der Waals surface area contributed by atoms with Gasteiger partial charge in [0.15, 0.2) is 0 Å². The predicted molar refractivity (Wildman–Crippen MR) is 102 cm³/mol.